The molecule has 29 heavy (non-hydrogen) atoms. The minimum Gasteiger partial charge on any atom is -0.495 e. The van der Waals surface area contributed by atoms with Crippen LogP contribution in [-0.2, 0) is 16.0 Å². The Morgan fingerprint density at radius 2 is 1.90 bits per heavy atom. The third kappa shape index (κ3) is 5.96. The number of benzene rings is 2. The van der Waals surface area contributed by atoms with Crippen LogP contribution in [-0.4, -0.2) is 44.5 Å². The van der Waals surface area contributed by atoms with Crippen LogP contribution in [0.4, 0.5) is 16.2 Å². The van der Waals surface area contributed by atoms with Gasteiger partial charge in [-0.05, 0) is 36.2 Å². The number of hydrogen-bond acceptors (Lipinski definition) is 6. The summed E-state index contributed by atoms with van der Waals surface area (Å²) in [4.78, 5) is 25.4. The van der Waals surface area contributed by atoms with E-state index < -0.39 is 6.03 Å². The molecule has 0 unspecified atom stereocenters. The molecule has 0 aromatic heterocycles. The first-order chi connectivity index (χ1) is 14.0. The molecule has 2 aromatic rings. The summed E-state index contributed by atoms with van der Waals surface area (Å²) in [5.41, 5.74) is 2.34. The molecule has 0 spiro atoms. The average Bonchev–Trinajstić information content (AvgIpc) is 2.76. The number of aryl methyl sites for hydroxylation is 1. The maximum absolute atomic E-state index is 12.8. The Hall–Kier alpha value is -3.57. The van der Waals surface area contributed by atoms with Gasteiger partial charge in [-0.2, -0.15) is 5.26 Å². The number of ether oxygens (including phenoxy) is 2. The molecule has 152 valence electrons. The highest BCUT2D eigenvalue weighted by molar-refractivity contribution is 6.02. The zero-order valence-corrected chi connectivity index (χ0v) is 16.3. The van der Waals surface area contributed by atoms with E-state index in [2.05, 4.69) is 10.1 Å². The number of hydrogen-bond donors (Lipinski definition) is 2. The maximum atomic E-state index is 12.8. The summed E-state index contributed by atoms with van der Waals surface area (Å²) in [5.74, 6) is 0.0752. The molecule has 0 radical (unpaired) electrons. The molecule has 2 rings (SSSR count). The highest BCUT2D eigenvalue weighted by atomic mass is 16.5. The third-order valence-electron chi connectivity index (χ3n) is 4.23. The molecule has 2 aromatic carbocycles. The van der Waals surface area contributed by atoms with Crippen molar-refractivity contribution in [1.82, 2.24) is 0 Å². The summed E-state index contributed by atoms with van der Waals surface area (Å²) in [6.45, 7) is -0.131. The van der Waals surface area contributed by atoms with Crippen LogP contribution in [0.25, 0.3) is 0 Å². The molecule has 0 fully saturated rings. The first-order valence-corrected chi connectivity index (χ1v) is 8.95. The standard InChI is InChI=1S/C21H23N3O5/c1-28-19-13-16(14-22)5-9-18(19)23-21(27)24(11-12-25)17-7-3-15(4-8-17)6-10-20(26)29-2/h3-5,7-9,13,25H,6,10-12H2,1-2H3,(H,23,27). The largest absolute Gasteiger partial charge is 0.495 e. The fourth-order valence-corrected chi connectivity index (χ4v) is 2.69. The number of carbonyl (C=O) groups excluding carboxylic acids is 2. The Bertz CT molecular complexity index is 890. The van der Waals surface area contributed by atoms with Gasteiger partial charge in [0.2, 0.25) is 0 Å². The van der Waals surface area contributed by atoms with Crippen LogP contribution in [0.1, 0.15) is 17.5 Å². The molecule has 0 aliphatic rings. The van der Waals surface area contributed by atoms with Crippen molar-refractivity contribution >= 4 is 23.4 Å². The quantitative estimate of drug-likeness (QED) is 0.663. The zero-order chi connectivity index (χ0) is 21.2. The molecule has 8 heteroatoms. The fraction of sp³-hybridized carbons (Fsp3) is 0.286. The number of aliphatic hydroxyl groups is 1. The van der Waals surface area contributed by atoms with E-state index in [9.17, 15) is 14.7 Å². The van der Waals surface area contributed by atoms with Crippen LogP contribution in [0.2, 0.25) is 0 Å². The fourth-order valence-electron chi connectivity index (χ4n) is 2.69. The van der Waals surface area contributed by atoms with Crippen LogP contribution in [0.3, 0.4) is 0 Å². The third-order valence-corrected chi connectivity index (χ3v) is 4.23. The number of aliphatic hydroxyl groups excluding tert-OH is 1. The molecule has 2 N–H and O–H groups in total. The normalized spacial score (nSPS) is 10.0. The first kappa shape index (κ1) is 21.7. The SMILES string of the molecule is COC(=O)CCc1ccc(N(CCO)C(=O)Nc2ccc(C#N)cc2OC)cc1. The molecule has 0 bridgehead atoms. The summed E-state index contributed by atoms with van der Waals surface area (Å²) in [7, 11) is 2.80. The van der Waals surface area contributed by atoms with E-state index >= 15 is 0 Å². The molecular formula is C21H23N3O5. The second kappa shape index (κ2) is 10.7. The highest BCUT2D eigenvalue weighted by Crippen LogP contribution is 2.26. The van der Waals surface area contributed by atoms with Gasteiger partial charge in [0.05, 0.1) is 44.7 Å². The number of nitrogens with one attached hydrogen (secondary N) is 1. The lowest BCUT2D eigenvalue weighted by atomic mass is 10.1. The number of nitriles is 1. The van der Waals surface area contributed by atoms with Gasteiger partial charge in [0.1, 0.15) is 5.75 Å². The lowest BCUT2D eigenvalue weighted by molar-refractivity contribution is -0.140. The number of amides is 2. The van der Waals surface area contributed by atoms with Crippen molar-refractivity contribution in [3.63, 3.8) is 0 Å². The van der Waals surface area contributed by atoms with Gasteiger partial charge in [0, 0.05) is 18.2 Å². The molecule has 8 nitrogen and oxygen atoms in total. The van der Waals surface area contributed by atoms with E-state index in [0.717, 1.165) is 5.56 Å². The van der Waals surface area contributed by atoms with E-state index in [1.807, 2.05) is 18.2 Å². The minimum absolute atomic E-state index is 0.0892. The van der Waals surface area contributed by atoms with Gasteiger partial charge in [-0.1, -0.05) is 12.1 Å². The molecule has 0 heterocycles. The van der Waals surface area contributed by atoms with E-state index in [1.165, 1.54) is 25.2 Å². The number of esters is 1. The Labute approximate surface area is 169 Å². The van der Waals surface area contributed by atoms with Crippen molar-refractivity contribution in [3.05, 3.63) is 53.6 Å². The van der Waals surface area contributed by atoms with Gasteiger partial charge >= 0.3 is 12.0 Å². The Kier molecular flexibility index (Phi) is 8.00. The predicted molar refractivity (Wildman–Crippen MR) is 108 cm³/mol. The van der Waals surface area contributed by atoms with Crippen LogP contribution in [0.15, 0.2) is 42.5 Å². The first-order valence-electron chi connectivity index (χ1n) is 8.95. The van der Waals surface area contributed by atoms with E-state index in [0.29, 0.717) is 29.1 Å². The second-order valence-electron chi connectivity index (χ2n) is 6.07. The van der Waals surface area contributed by atoms with Crippen molar-refractivity contribution < 1.29 is 24.2 Å². The molecule has 0 saturated heterocycles. The maximum Gasteiger partial charge on any atom is 0.326 e. The molecule has 0 aliphatic carbocycles. The average molecular weight is 397 g/mol. The molecule has 0 aliphatic heterocycles. The van der Waals surface area contributed by atoms with Crippen molar-refractivity contribution in [2.45, 2.75) is 12.8 Å². The van der Waals surface area contributed by atoms with Crippen LogP contribution < -0.4 is 15.0 Å². The van der Waals surface area contributed by atoms with Crippen LogP contribution >= 0.6 is 0 Å². The summed E-state index contributed by atoms with van der Waals surface area (Å²) < 4.78 is 9.87. The van der Waals surface area contributed by atoms with Gasteiger partial charge in [0.25, 0.3) is 0 Å². The number of carbonyl (C=O) groups is 2. The van der Waals surface area contributed by atoms with E-state index in [1.54, 1.807) is 24.3 Å². The van der Waals surface area contributed by atoms with Crippen molar-refractivity contribution in [1.29, 1.82) is 5.26 Å². The van der Waals surface area contributed by atoms with Gasteiger partial charge in [0.15, 0.2) is 0 Å². The predicted octanol–water partition coefficient (Wildman–Crippen LogP) is 2.70. The minimum atomic E-state index is -0.454. The summed E-state index contributed by atoms with van der Waals surface area (Å²) in [5, 5.41) is 21.1. The molecule has 2 amide bonds. The van der Waals surface area contributed by atoms with E-state index in [4.69, 9.17) is 10.00 Å². The smallest absolute Gasteiger partial charge is 0.326 e. The monoisotopic (exact) mass is 397 g/mol. The lowest BCUT2D eigenvalue weighted by Gasteiger charge is -2.23. The van der Waals surface area contributed by atoms with Gasteiger partial charge in [-0.3, -0.25) is 9.69 Å². The molecular weight excluding hydrogens is 374 g/mol. The summed E-state index contributed by atoms with van der Waals surface area (Å²) in [6.07, 6.45) is 0.802. The summed E-state index contributed by atoms with van der Waals surface area (Å²) in [6, 6.07) is 13.4. The number of rotatable bonds is 8. The van der Waals surface area contributed by atoms with E-state index in [-0.39, 0.29) is 25.5 Å². The zero-order valence-electron chi connectivity index (χ0n) is 16.3. The Balaban J connectivity index is 2.15. The van der Waals surface area contributed by atoms with Gasteiger partial charge in [-0.15, -0.1) is 0 Å². The number of urea groups is 1. The molecule has 0 atom stereocenters. The van der Waals surface area contributed by atoms with Gasteiger partial charge < -0.3 is 19.9 Å². The van der Waals surface area contributed by atoms with Crippen molar-refractivity contribution in [3.8, 4) is 11.8 Å². The van der Waals surface area contributed by atoms with Crippen LogP contribution in [0, 0.1) is 11.3 Å². The second-order valence-corrected chi connectivity index (χ2v) is 6.07. The topological polar surface area (TPSA) is 112 Å². The number of methoxy groups -OCH3 is 2. The molecule has 0 saturated carbocycles. The Morgan fingerprint density at radius 1 is 1.17 bits per heavy atom. The number of anilines is 2. The highest BCUT2D eigenvalue weighted by Gasteiger charge is 2.17. The lowest BCUT2D eigenvalue weighted by Crippen LogP contribution is -2.37. The van der Waals surface area contributed by atoms with Gasteiger partial charge in [-0.25, -0.2) is 4.79 Å². The van der Waals surface area contributed by atoms with Crippen molar-refractivity contribution in [2.24, 2.45) is 0 Å². The van der Waals surface area contributed by atoms with Crippen molar-refractivity contribution in [2.75, 3.05) is 37.6 Å². The summed E-state index contributed by atoms with van der Waals surface area (Å²) >= 11 is 0. The Morgan fingerprint density at radius 3 is 2.48 bits per heavy atom. The van der Waals surface area contributed by atoms with Crippen LogP contribution in [0.5, 0.6) is 5.75 Å². The number of nitrogens with zero attached hydrogens (tertiary/aromatic N) is 2.